The minimum Gasteiger partial charge on any atom is -0.356 e. The maximum Gasteiger partial charge on any atom is 0.207 e. The number of nitrogens with one attached hydrogen (secondary N) is 2. The summed E-state index contributed by atoms with van der Waals surface area (Å²) in [5, 5.41) is 7.06. The second kappa shape index (κ2) is 9.87. The van der Waals surface area contributed by atoms with Crippen LogP contribution in [-0.4, -0.2) is 34.2 Å². The Morgan fingerprint density at radius 1 is 1.32 bits per heavy atom. The van der Waals surface area contributed by atoms with Crippen molar-refractivity contribution in [1.82, 2.24) is 20.2 Å². The third kappa shape index (κ3) is 5.44. The van der Waals surface area contributed by atoms with Crippen LogP contribution in [0.25, 0.3) is 11.6 Å². The van der Waals surface area contributed by atoms with E-state index < -0.39 is 0 Å². The Labute approximate surface area is 171 Å². The second-order valence-corrected chi connectivity index (χ2v) is 7.73. The van der Waals surface area contributed by atoms with Gasteiger partial charge in [0.1, 0.15) is 5.82 Å². The SMILES string of the molecule is Cn1c(C2=CC=CC(Cl)=CC2)cnc1/C=C\C(N)NC1CCC(NC=O)CC1. The third-order valence-corrected chi connectivity index (χ3v) is 5.61. The van der Waals surface area contributed by atoms with Crippen LogP contribution in [0, 0.1) is 0 Å². The van der Waals surface area contributed by atoms with Crippen molar-refractivity contribution in [2.45, 2.75) is 50.4 Å². The van der Waals surface area contributed by atoms with Gasteiger partial charge in [-0.25, -0.2) is 4.98 Å². The fourth-order valence-corrected chi connectivity index (χ4v) is 3.86. The smallest absolute Gasteiger partial charge is 0.207 e. The van der Waals surface area contributed by atoms with E-state index in [1.54, 1.807) is 0 Å². The molecule has 1 fully saturated rings. The molecule has 0 spiro atoms. The summed E-state index contributed by atoms with van der Waals surface area (Å²) in [7, 11) is 2.00. The van der Waals surface area contributed by atoms with Crippen LogP contribution in [0.2, 0.25) is 0 Å². The van der Waals surface area contributed by atoms with Crippen molar-refractivity contribution in [3.05, 3.63) is 53.1 Å². The number of allylic oxidation sites excluding steroid dienone is 6. The van der Waals surface area contributed by atoms with E-state index in [1.807, 2.05) is 43.6 Å². The zero-order chi connectivity index (χ0) is 19.9. The topological polar surface area (TPSA) is 85.0 Å². The molecule has 1 saturated carbocycles. The zero-order valence-electron chi connectivity index (χ0n) is 16.1. The number of nitrogens with two attached hydrogens (primary N) is 1. The molecule has 1 aromatic heterocycles. The lowest BCUT2D eigenvalue weighted by atomic mass is 9.91. The normalized spacial score (nSPS) is 23.8. The van der Waals surface area contributed by atoms with Crippen molar-refractivity contribution in [3.63, 3.8) is 0 Å². The Morgan fingerprint density at radius 3 is 2.82 bits per heavy atom. The minimum atomic E-state index is -0.234. The van der Waals surface area contributed by atoms with Gasteiger partial charge in [0, 0.05) is 24.2 Å². The summed E-state index contributed by atoms with van der Waals surface area (Å²) in [6, 6.07) is 0.673. The lowest BCUT2D eigenvalue weighted by molar-refractivity contribution is -0.110. The number of hydrogen-bond acceptors (Lipinski definition) is 4. The Bertz CT molecular complexity index is 797. The molecule has 0 aromatic carbocycles. The summed E-state index contributed by atoms with van der Waals surface area (Å²) < 4.78 is 2.06. The predicted molar refractivity (Wildman–Crippen MR) is 114 cm³/mol. The van der Waals surface area contributed by atoms with E-state index >= 15 is 0 Å². The van der Waals surface area contributed by atoms with E-state index in [2.05, 4.69) is 26.3 Å². The van der Waals surface area contributed by atoms with E-state index in [-0.39, 0.29) is 6.17 Å². The number of hydrogen-bond donors (Lipinski definition) is 3. The van der Waals surface area contributed by atoms with Crippen molar-refractivity contribution in [3.8, 4) is 0 Å². The van der Waals surface area contributed by atoms with Gasteiger partial charge in [-0.15, -0.1) is 0 Å². The van der Waals surface area contributed by atoms with Crippen molar-refractivity contribution in [2.24, 2.45) is 12.8 Å². The maximum absolute atomic E-state index is 10.5. The molecular formula is C21H28ClN5O. The van der Waals surface area contributed by atoms with Gasteiger partial charge < -0.3 is 15.6 Å². The summed E-state index contributed by atoms with van der Waals surface area (Å²) in [6.07, 6.45) is 19.0. The van der Waals surface area contributed by atoms with Crippen molar-refractivity contribution in [2.75, 3.05) is 0 Å². The number of rotatable bonds is 7. The fourth-order valence-electron chi connectivity index (χ4n) is 3.71. The number of halogens is 1. The molecule has 1 aromatic rings. The zero-order valence-corrected chi connectivity index (χ0v) is 16.9. The Hall–Kier alpha value is -2.15. The van der Waals surface area contributed by atoms with Gasteiger partial charge in [-0.05, 0) is 55.9 Å². The molecule has 28 heavy (non-hydrogen) atoms. The number of nitrogens with zero attached hydrogens (tertiary/aromatic N) is 2. The first-order valence-corrected chi connectivity index (χ1v) is 10.1. The molecule has 2 aliphatic rings. The summed E-state index contributed by atoms with van der Waals surface area (Å²) in [5.74, 6) is 0.857. The molecular weight excluding hydrogens is 374 g/mol. The first kappa shape index (κ1) is 20.6. The Kier molecular flexibility index (Phi) is 7.25. The van der Waals surface area contributed by atoms with Crippen LogP contribution >= 0.6 is 11.6 Å². The molecule has 6 nitrogen and oxygen atoms in total. The van der Waals surface area contributed by atoms with Crippen molar-refractivity contribution >= 4 is 29.7 Å². The van der Waals surface area contributed by atoms with Crippen LogP contribution < -0.4 is 16.4 Å². The van der Waals surface area contributed by atoms with E-state index in [4.69, 9.17) is 17.3 Å². The molecule has 1 amide bonds. The summed E-state index contributed by atoms with van der Waals surface area (Å²) >= 11 is 6.07. The van der Waals surface area contributed by atoms with E-state index in [1.165, 1.54) is 5.57 Å². The largest absolute Gasteiger partial charge is 0.356 e. The van der Waals surface area contributed by atoms with Crippen molar-refractivity contribution < 1.29 is 4.79 Å². The number of carbonyl (C=O) groups excluding carboxylic acids is 1. The van der Waals surface area contributed by atoms with Gasteiger partial charge >= 0.3 is 0 Å². The standard InChI is InChI=1S/C21H28ClN5O/c1-27-19(15-3-2-4-16(22)6-5-15)13-24-21(27)12-11-20(23)26-18-9-7-17(8-10-18)25-14-28/h2-4,6,11-14,17-18,20,26H,5,7-10,23H2,1H3,(H,25,28)/b12-11-. The number of carbonyl (C=O) groups is 1. The molecule has 1 atom stereocenters. The van der Waals surface area contributed by atoms with Crippen LogP contribution in [0.4, 0.5) is 0 Å². The molecule has 7 heteroatoms. The maximum atomic E-state index is 10.5. The molecule has 4 N–H and O–H groups in total. The molecule has 1 heterocycles. The minimum absolute atomic E-state index is 0.234. The number of aromatic nitrogens is 2. The van der Waals surface area contributed by atoms with Crippen LogP contribution in [-0.2, 0) is 11.8 Å². The molecule has 0 bridgehead atoms. The van der Waals surface area contributed by atoms with Crippen LogP contribution in [0.3, 0.4) is 0 Å². The van der Waals surface area contributed by atoms with E-state index in [0.29, 0.717) is 12.1 Å². The van der Waals surface area contributed by atoms with Gasteiger partial charge in [0.15, 0.2) is 0 Å². The van der Waals surface area contributed by atoms with Gasteiger partial charge in [0.25, 0.3) is 0 Å². The van der Waals surface area contributed by atoms with E-state index in [0.717, 1.165) is 55.1 Å². The molecule has 0 radical (unpaired) electrons. The van der Waals surface area contributed by atoms with E-state index in [9.17, 15) is 4.79 Å². The highest BCUT2D eigenvalue weighted by atomic mass is 35.5. The number of amides is 1. The van der Waals surface area contributed by atoms with Crippen LogP contribution in [0.15, 0.2) is 41.6 Å². The molecule has 1 unspecified atom stereocenters. The predicted octanol–water partition coefficient (Wildman–Crippen LogP) is 2.83. The quantitative estimate of drug-likeness (QED) is 0.484. The highest BCUT2D eigenvalue weighted by molar-refractivity contribution is 6.31. The Morgan fingerprint density at radius 2 is 2.07 bits per heavy atom. The highest BCUT2D eigenvalue weighted by Gasteiger charge is 2.21. The highest BCUT2D eigenvalue weighted by Crippen LogP contribution is 2.24. The average Bonchev–Trinajstić information content (AvgIpc) is 2.90. The molecule has 2 aliphatic carbocycles. The summed E-state index contributed by atoms with van der Waals surface area (Å²) in [6.45, 7) is 0. The molecule has 3 rings (SSSR count). The summed E-state index contributed by atoms with van der Waals surface area (Å²) in [4.78, 5) is 15.1. The van der Waals surface area contributed by atoms with Gasteiger partial charge in [-0.3, -0.25) is 10.1 Å². The van der Waals surface area contributed by atoms with Crippen molar-refractivity contribution in [1.29, 1.82) is 0 Å². The molecule has 0 aliphatic heterocycles. The summed E-state index contributed by atoms with van der Waals surface area (Å²) in [5.41, 5.74) is 8.47. The molecule has 0 saturated heterocycles. The second-order valence-electron chi connectivity index (χ2n) is 7.29. The van der Waals surface area contributed by atoms with Gasteiger partial charge in [-0.1, -0.05) is 29.8 Å². The van der Waals surface area contributed by atoms with Gasteiger partial charge in [0.2, 0.25) is 6.41 Å². The van der Waals surface area contributed by atoms with Gasteiger partial charge in [0.05, 0.1) is 18.1 Å². The Balaban J connectivity index is 1.56. The third-order valence-electron chi connectivity index (χ3n) is 5.33. The van der Waals surface area contributed by atoms with Crippen LogP contribution in [0.1, 0.15) is 43.6 Å². The first-order valence-electron chi connectivity index (χ1n) is 9.71. The first-order chi connectivity index (χ1) is 13.6. The average molecular weight is 402 g/mol. The van der Waals surface area contributed by atoms with Gasteiger partial charge in [-0.2, -0.15) is 0 Å². The number of imidazole rings is 1. The lowest BCUT2D eigenvalue weighted by Crippen LogP contribution is -2.46. The van der Waals surface area contributed by atoms with Crippen LogP contribution in [0.5, 0.6) is 0 Å². The lowest BCUT2D eigenvalue weighted by Gasteiger charge is -2.30. The fraction of sp³-hybridized carbons (Fsp3) is 0.429. The molecule has 150 valence electrons. The monoisotopic (exact) mass is 401 g/mol.